The van der Waals surface area contributed by atoms with Crippen molar-refractivity contribution in [3.8, 4) is 0 Å². The zero-order valence-electron chi connectivity index (χ0n) is 16.9. The molecule has 8 heteroatoms. The number of hydrogen-bond donors (Lipinski definition) is 1. The molecule has 1 atom stereocenters. The first-order valence-electron chi connectivity index (χ1n) is 10.1. The van der Waals surface area contributed by atoms with Gasteiger partial charge in [-0.2, -0.15) is 0 Å². The molecule has 0 aromatic heterocycles. The molecule has 1 aromatic carbocycles. The van der Waals surface area contributed by atoms with E-state index in [9.17, 15) is 19.2 Å². The van der Waals surface area contributed by atoms with Gasteiger partial charge >= 0.3 is 5.97 Å². The summed E-state index contributed by atoms with van der Waals surface area (Å²) in [5, 5.41) is 2.71. The Morgan fingerprint density at radius 1 is 1.17 bits per heavy atom. The van der Waals surface area contributed by atoms with Crippen molar-refractivity contribution in [2.45, 2.75) is 51.6 Å². The molecule has 0 radical (unpaired) electrons. The van der Waals surface area contributed by atoms with Crippen LogP contribution in [0.1, 0.15) is 56.3 Å². The Bertz CT molecular complexity index is 824. The van der Waals surface area contributed by atoms with E-state index < -0.39 is 24.1 Å². The summed E-state index contributed by atoms with van der Waals surface area (Å²) < 4.78 is 5.31. The number of para-hydroxylation sites is 1. The van der Waals surface area contributed by atoms with Crippen LogP contribution in [0, 0.1) is 0 Å². The zero-order chi connectivity index (χ0) is 21.0. The number of nitrogens with zero attached hydrogens (tertiary/aromatic N) is 2. The van der Waals surface area contributed by atoms with Crippen molar-refractivity contribution in [2.75, 3.05) is 24.6 Å². The molecule has 3 rings (SSSR count). The summed E-state index contributed by atoms with van der Waals surface area (Å²) in [6.07, 6.45) is 3.16. The molecule has 2 aliphatic heterocycles. The lowest BCUT2D eigenvalue weighted by atomic mass is 9.96. The number of anilines is 1. The summed E-state index contributed by atoms with van der Waals surface area (Å²) >= 11 is 0. The zero-order valence-corrected chi connectivity index (χ0v) is 16.9. The molecule has 1 saturated heterocycles. The van der Waals surface area contributed by atoms with E-state index in [0.717, 1.165) is 19.3 Å². The third kappa shape index (κ3) is 3.59. The van der Waals surface area contributed by atoms with Crippen LogP contribution in [0.3, 0.4) is 0 Å². The van der Waals surface area contributed by atoms with Crippen molar-refractivity contribution in [2.24, 2.45) is 0 Å². The van der Waals surface area contributed by atoms with E-state index in [1.165, 1.54) is 9.80 Å². The SMILES string of the molecule is CCCCCNC(=O)COC(=O)[C@@]12CCC(=O)N1c1ccccc1C(=O)N2CC. The average Bonchev–Trinajstić information content (AvgIpc) is 3.08. The second kappa shape index (κ2) is 8.63. The van der Waals surface area contributed by atoms with Gasteiger partial charge in [-0.3, -0.25) is 19.3 Å². The van der Waals surface area contributed by atoms with Gasteiger partial charge in [0, 0.05) is 25.9 Å². The second-order valence-corrected chi connectivity index (χ2v) is 7.25. The van der Waals surface area contributed by atoms with E-state index >= 15 is 0 Å². The van der Waals surface area contributed by atoms with Crippen LogP contribution < -0.4 is 10.2 Å². The topological polar surface area (TPSA) is 96.0 Å². The van der Waals surface area contributed by atoms with Crippen LogP contribution in [0.4, 0.5) is 5.69 Å². The Labute approximate surface area is 170 Å². The summed E-state index contributed by atoms with van der Waals surface area (Å²) in [5.74, 6) is -1.72. The third-order valence-electron chi connectivity index (χ3n) is 5.45. The highest BCUT2D eigenvalue weighted by molar-refractivity contribution is 6.15. The number of nitrogens with one attached hydrogen (secondary N) is 1. The predicted octanol–water partition coefficient (Wildman–Crippen LogP) is 1.83. The van der Waals surface area contributed by atoms with E-state index in [-0.39, 0.29) is 31.2 Å². The highest BCUT2D eigenvalue weighted by atomic mass is 16.5. The van der Waals surface area contributed by atoms with E-state index in [1.807, 2.05) is 0 Å². The van der Waals surface area contributed by atoms with Gasteiger partial charge in [0.1, 0.15) is 0 Å². The lowest BCUT2D eigenvalue weighted by molar-refractivity contribution is -0.160. The normalized spacial score (nSPS) is 20.3. The van der Waals surface area contributed by atoms with Crippen LogP contribution in [0.15, 0.2) is 24.3 Å². The molecule has 156 valence electrons. The molecule has 0 unspecified atom stereocenters. The van der Waals surface area contributed by atoms with Crippen LogP contribution in [0.25, 0.3) is 0 Å². The molecular weight excluding hydrogens is 374 g/mol. The minimum atomic E-state index is -1.54. The minimum absolute atomic E-state index is 0.121. The standard InChI is InChI=1S/C21H27N3O5/c1-3-5-8-13-22-17(25)14-29-20(28)21-12-11-18(26)24(21)16-10-7-6-9-15(16)19(27)23(21)4-2/h6-7,9-10H,3-5,8,11-14H2,1-2H3,(H,22,25)/t21-/m1/s1. The summed E-state index contributed by atoms with van der Waals surface area (Å²) in [5.41, 5.74) is -0.757. The predicted molar refractivity (Wildman–Crippen MR) is 106 cm³/mol. The molecule has 1 N–H and O–H groups in total. The van der Waals surface area contributed by atoms with Gasteiger partial charge in [-0.15, -0.1) is 0 Å². The lowest BCUT2D eigenvalue weighted by Crippen LogP contribution is -2.68. The summed E-state index contributed by atoms with van der Waals surface area (Å²) in [6.45, 7) is 4.13. The smallest absolute Gasteiger partial charge is 0.354 e. The number of ether oxygens (including phenoxy) is 1. The molecule has 0 aliphatic carbocycles. The van der Waals surface area contributed by atoms with Crippen molar-refractivity contribution < 1.29 is 23.9 Å². The molecule has 2 aliphatic rings. The van der Waals surface area contributed by atoms with E-state index in [4.69, 9.17) is 4.74 Å². The van der Waals surface area contributed by atoms with Gasteiger partial charge in [-0.05, 0) is 25.5 Å². The minimum Gasteiger partial charge on any atom is -0.452 e. The number of esters is 1. The van der Waals surface area contributed by atoms with Gasteiger partial charge < -0.3 is 15.0 Å². The average molecular weight is 401 g/mol. The molecule has 3 amide bonds. The van der Waals surface area contributed by atoms with Crippen molar-refractivity contribution in [3.63, 3.8) is 0 Å². The van der Waals surface area contributed by atoms with Gasteiger partial charge in [0.15, 0.2) is 6.61 Å². The number of unbranched alkanes of at least 4 members (excludes halogenated alkanes) is 2. The molecule has 1 aromatic rings. The number of fused-ring (bicyclic) bond motifs is 3. The maximum Gasteiger partial charge on any atom is 0.354 e. The monoisotopic (exact) mass is 401 g/mol. The van der Waals surface area contributed by atoms with Gasteiger partial charge in [0.2, 0.25) is 11.6 Å². The quantitative estimate of drug-likeness (QED) is 0.530. The van der Waals surface area contributed by atoms with Crippen LogP contribution in [0.5, 0.6) is 0 Å². The number of carbonyl (C=O) groups excluding carboxylic acids is 4. The Kier molecular flexibility index (Phi) is 6.20. The van der Waals surface area contributed by atoms with Gasteiger partial charge in [-0.1, -0.05) is 31.9 Å². The fourth-order valence-electron chi connectivity index (χ4n) is 4.07. The Balaban J connectivity index is 1.82. The highest BCUT2D eigenvalue weighted by Gasteiger charge is 2.61. The fourth-order valence-corrected chi connectivity index (χ4v) is 4.07. The third-order valence-corrected chi connectivity index (χ3v) is 5.45. The Morgan fingerprint density at radius 3 is 2.66 bits per heavy atom. The number of hydrogen-bond acceptors (Lipinski definition) is 5. The van der Waals surface area contributed by atoms with Crippen LogP contribution in [-0.4, -0.2) is 54.0 Å². The molecular formula is C21H27N3O5. The first-order valence-corrected chi connectivity index (χ1v) is 10.1. The molecule has 2 heterocycles. The van der Waals surface area contributed by atoms with Crippen molar-refractivity contribution in [1.29, 1.82) is 0 Å². The summed E-state index contributed by atoms with van der Waals surface area (Å²) in [7, 11) is 0. The molecule has 0 saturated carbocycles. The van der Waals surface area contributed by atoms with Gasteiger partial charge in [0.25, 0.3) is 11.8 Å². The van der Waals surface area contributed by atoms with Gasteiger partial charge in [0.05, 0.1) is 11.3 Å². The lowest BCUT2D eigenvalue weighted by Gasteiger charge is -2.47. The van der Waals surface area contributed by atoms with E-state index in [2.05, 4.69) is 12.2 Å². The first kappa shape index (κ1) is 20.8. The van der Waals surface area contributed by atoms with E-state index in [0.29, 0.717) is 17.8 Å². The van der Waals surface area contributed by atoms with E-state index in [1.54, 1.807) is 31.2 Å². The molecule has 8 nitrogen and oxygen atoms in total. The molecule has 1 fully saturated rings. The maximum absolute atomic E-state index is 13.2. The maximum atomic E-state index is 13.2. The first-order chi connectivity index (χ1) is 14.0. The molecule has 0 spiro atoms. The number of carbonyl (C=O) groups is 4. The highest BCUT2D eigenvalue weighted by Crippen LogP contribution is 2.44. The Hall–Kier alpha value is -2.90. The summed E-state index contributed by atoms with van der Waals surface area (Å²) in [6, 6.07) is 6.75. The van der Waals surface area contributed by atoms with Crippen molar-refractivity contribution in [1.82, 2.24) is 10.2 Å². The number of rotatable bonds is 8. The summed E-state index contributed by atoms with van der Waals surface area (Å²) in [4.78, 5) is 53.7. The van der Waals surface area contributed by atoms with Crippen LogP contribution in [0.2, 0.25) is 0 Å². The van der Waals surface area contributed by atoms with Crippen molar-refractivity contribution in [3.05, 3.63) is 29.8 Å². The largest absolute Gasteiger partial charge is 0.452 e. The number of benzene rings is 1. The Morgan fingerprint density at radius 2 is 1.93 bits per heavy atom. The van der Waals surface area contributed by atoms with Crippen LogP contribution in [-0.2, 0) is 19.1 Å². The molecule has 29 heavy (non-hydrogen) atoms. The number of likely N-dealkylation sites (N-methyl/N-ethyl adjacent to an activating group) is 1. The van der Waals surface area contributed by atoms with Gasteiger partial charge in [-0.25, -0.2) is 4.79 Å². The van der Waals surface area contributed by atoms with Crippen molar-refractivity contribution >= 4 is 29.4 Å². The fraction of sp³-hybridized carbons (Fsp3) is 0.524. The second-order valence-electron chi connectivity index (χ2n) is 7.25. The molecule has 0 bridgehead atoms. The van der Waals surface area contributed by atoms with Crippen LogP contribution >= 0.6 is 0 Å². The number of amides is 3.